The van der Waals surface area contributed by atoms with Gasteiger partial charge in [0.25, 0.3) is 0 Å². The van der Waals surface area contributed by atoms with Gasteiger partial charge in [-0.25, -0.2) is 19.2 Å². The number of fused-ring (bicyclic) bond motifs is 4. The Balaban J connectivity index is 0.000000121. The number of aromatic carboxylic acids is 1. The minimum absolute atomic E-state index is 0.166. The third kappa shape index (κ3) is 7.00. The molecule has 0 amide bonds. The van der Waals surface area contributed by atoms with Crippen molar-refractivity contribution in [3.8, 4) is 0 Å². The number of carboxylic acids is 2. The lowest BCUT2D eigenvalue weighted by Crippen LogP contribution is -2.04. The Kier molecular flexibility index (Phi) is 9.94. The van der Waals surface area contributed by atoms with Crippen LogP contribution in [0.1, 0.15) is 80.5 Å². The molecule has 0 spiro atoms. The molecule has 0 aliphatic carbocycles. The van der Waals surface area contributed by atoms with E-state index < -0.39 is 11.9 Å². The summed E-state index contributed by atoms with van der Waals surface area (Å²) in [5.41, 5.74) is 6.00. The number of allylic oxidation sites excluding steroid dienone is 1. The first-order valence-corrected chi connectivity index (χ1v) is 15.2. The number of nitrogens with zero attached hydrogens (tertiary/aromatic N) is 6. The molecule has 2 N–H and O–H groups in total. The van der Waals surface area contributed by atoms with E-state index in [9.17, 15) is 19.2 Å². The highest BCUT2D eigenvalue weighted by atomic mass is 16.5. The highest BCUT2D eigenvalue weighted by Crippen LogP contribution is 2.24. The Morgan fingerprint density at radius 3 is 2.04 bits per heavy atom. The summed E-state index contributed by atoms with van der Waals surface area (Å²) in [5.74, 6) is -2.33. The molecule has 0 saturated heterocycles. The van der Waals surface area contributed by atoms with E-state index >= 15 is 0 Å². The fraction of sp³-hybridized carbons (Fsp3) is 0.406. The van der Waals surface area contributed by atoms with Crippen molar-refractivity contribution in [3.63, 3.8) is 0 Å². The molecule has 0 unspecified atom stereocenters. The van der Waals surface area contributed by atoms with E-state index in [1.54, 1.807) is 29.1 Å². The van der Waals surface area contributed by atoms with Gasteiger partial charge in [-0.2, -0.15) is 14.8 Å². The van der Waals surface area contributed by atoms with Crippen LogP contribution in [0.25, 0.3) is 0 Å². The molecule has 14 heteroatoms. The summed E-state index contributed by atoms with van der Waals surface area (Å²) >= 11 is 0. The monoisotopic (exact) mass is 633 g/mol. The van der Waals surface area contributed by atoms with Gasteiger partial charge in [-0.3, -0.25) is 9.36 Å². The Hall–Kier alpha value is -5.27. The molecule has 5 aliphatic rings. The largest absolute Gasteiger partial charge is 0.477 e. The Bertz CT molecular complexity index is 1710. The second-order valence-corrected chi connectivity index (χ2v) is 11.1. The summed E-state index contributed by atoms with van der Waals surface area (Å²) in [4.78, 5) is 43.2. The van der Waals surface area contributed by atoms with E-state index in [4.69, 9.17) is 10.2 Å². The average molecular weight is 634 g/mol. The molecule has 0 saturated carbocycles. The quantitative estimate of drug-likeness (QED) is 0.321. The van der Waals surface area contributed by atoms with Crippen LogP contribution in [0.3, 0.4) is 0 Å². The fourth-order valence-corrected chi connectivity index (χ4v) is 5.99. The zero-order valence-corrected chi connectivity index (χ0v) is 25.8. The third-order valence-electron chi connectivity index (χ3n) is 8.20. The van der Waals surface area contributed by atoms with Crippen LogP contribution in [0.5, 0.6) is 0 Å². The second kappa shape index (κ2) is 14.2. The van der Waals surface area contributed by atoms with Gasteiger partial charge in [0.1, 0.15) is 5.57 Å². The zero-order valence-electron chi connectivity index (χ0n) is 25.8. The van der Waals surface area contributed by atoms with Crippen LogP contribution in [0.4, 0.5) is 0 Å². The van der Waals surface area contributed by atoms with E-state index in [2.05, 4.69) is 24.2 Å². The first-order valence-electron chi connectivity index (χ1n) is 15.2. The Morgan fingerprint density at radius 2 is 1.43 bits per heavy atom. The lowest BCUT2D eigenvalue weighted by molar-refractivity contribution is -0.386. The van der Waals surface area contributed by atoms with Crippen LogP contribution in [0.2, 0.25) is 0 Å². The first-order chi connectivity index (χ1) is 22.2. The number of ether oxygens (including phenoxy) is 2. The number of carbonyl (C=O) groups is 4. The molecular weight excluding hydrogens is 596 g/mol. The van der Waals surface area contributed by atoms with E-state index in [0.29, 0.717) is 11.3 Å². The number of rotatable bonds is 4. The SMILES string of the molecule is COC(=O)c1cc2n(n1)CCC2.COC(=O)c1ccn2c1CCC2.O=C(O)C1=C2CCC=[N+]2C=C1.O=C(O)c1cc2n(n1)CCC2. The molecule has 0 atom stereocenters. The number of esters is 2. The van der Waals surface area contributed by atoms with E-state index in [0.717, 1.165) is 99.3 Å². The molecule has 3 aromatic rings. The highest BCUT2D eigenvalue weighted by Gasteiger charge is 2.30. The van der Waals surface area contributed by atoms with Crippen molar-refractivity contribution in [1.82, 2.24) is 24.1 Å². The van der Waals surface area contributed by atoms with Crippen molar-refractivity contribution in [2.24, 2.45) is 0 Å². The summed E-state index contributed by atoms with van der Waals surface area (Å²) in [6.45, 7) is 2.82. The number of aromatic nitrogens is 5. The molecule has 8 rings (SSSR count). The number of methoxy groups -OCH3 is 2. The van der Waals surface area contributed by atoms with Gasteiger partial charge >= 0.3 is 23.9 Å². The second-order valence-electron chi connectivity index (χ2n) is 11.1. The van der Waals surface area contributed by atoms with Crippen LogP contribution in [0, 0.1) is 0 Å². The van der Waals surface area contributed by atoms with Gasteiger partial charge in [0.2, 0.25) is 5.70 Å². The number of aliphatic carboxylic acids is 1. The molecule has 8 heterocycles. The molecule has 46 heavy (non-hydrogen) atoms. The Labute approximate surface area is 264 Å². The van der Waals surface area contributed by atoms with Gasteiger partial charge in [-0.05, 0) is 56.7 Å². The van der Waals surface area contributed by atoms with Gasteiger partial charge in [0, 0.05) is 61.8 Å². The zero-order chi connectivity index (χ0) is 32.8. The first kappa shape index (κ1) is 32.1. The molecule has 0 bridgehead atoms. The van der Waals surface area contributed by atoms with Gasteiger partial charge in [0.15, 0.2) is 23.8 Å². The average Bonchev–Trinajstić information content (AvgIpc) is 3.86. The maximum Gasteiger partial charge on any atom is 0.358 e. The van der Waals surface area contributed by atoms with Crippen LogP contribution < -0.4 is 0 Å². The number of carboxylic acid groups (broad SMARTS) is 2. The predicted molar refractivity (Wildman–Crippen MR) is 163 cm³/mol. The minimum atomic E-state index is -0.938. The van der Waals surface area contributed by atoms with Gasteiger partial charge < -0.3 is 24.3 Å². The van der Waals surface area contributed by atoms with Crippen molar-refractivity contribution in [2.75, 3.05) is 14.2 Å². The minimum Gasteiger partial charge on any atom is -0.477 e. The van der Waals surface area contributed by atoms with E-state index in [1.165, 1.54) is 14.2 Å². The number of carbonyl (C=O) groups excluding carboxylic acids is 2. The van der Waals surface area contributed by atoms with Crippen LogP contribution in [0.15, 0.2) is 47.9 Å². The Morgan fingerprint density at radius 1 is 0.804 bits per heavy atom. The molecule has 14 nitrogen and oxygen atoms in total. The van der Waals surface area contributed by atoms with Crippen LogP contribution >= 0.6 is 0 Å². The van der Waals surface area contributed by atoms with Crippen molar-refractivity contribution in [3.05, 3.63) is 82.0 Å². The molecule has 0 radical (unpaired) electrons. The molecular formula is C32H37N6O8+. The van der Waals surface area contributed by atoms with Crippen molar-refractivity contribution >= 4 is 30.1 Å². The summed E-state index contributed by atoms with van der Waals surface area (Å²) < 4.78 is 16.9. The van der Waals surface area contributed by atoms with Crippen molar-refractivity contribution in [1.29, 1.82) is 0 Å². The molecule has 0 fully saturated rings. The third-order valence-corrected chi connectivity index (χ3v) is 8.20. The van der Waals surface area contributed by atoms with Gasteiger partial charge in [-0.15, -0.1) is 0 Å². The molecule has 0 aromatic carbocycles. The van der Waals surface area contributed by atoms with Gasteiger partial charge in [0.05, 0.1) is 19.8 Å². The predicted octanol–water partition coefficient (Wildman–Crippen LogP) is 3.09. The summed E-state index contributed by atoms with van der Waals surface area (Å²) in [7, 11) is 2.79. The summed E-state index contributed by atoms with van der Waals surface area (Å²) in [6, 6.07) is 5.29. The van der Waals surface area contributed by atoms with Crippen LogP contribution in [-0.2, 0) is 53.2 Å². The maximum absolute atomic E-state index is 11.2. The van der Waals surface area contributed by atoms with E-state index in [1.807, 2.05) is 27.7 Å². The lowest BCUT2D eigenvalue weighted by atomic mass is 10.2. The van der Waals surface area contributed by atoms with Crippen molar-refractivity contribution < 1.29 is 43.4 Å². The standard InChI is InChI=1S/C9H11NO2.C8H10N2O2.C8H7NO2.C7H8N2O2/c1-12-9(11)7-4-6-10-5-2-3-8(7)10;1-12-8(11)7-5-6-3-2-4-10(6)9-7;10-8(11)6-3-5-9-4-1-2-7(6)9;10-7(11)6-4-5-2-1-3-9(5)8-6/h4,6H,2-3,5H2,1H3;5H,2-4H2,1H3;3-5H,1-2H2;4H,1-3H2,(H,10,11)/p+1. The number of aryl methyl sites for hydroxylation is 5. The molecule has 5 aliphatic heterocycles. The van der Waals surface area contributed by atoms with Gasteiger partial charge in [-0.1, -0.05) is 0 Å². The summed E-state index contributed by atoms with van der Waals surface area (Å²) in [6.07, 6.45) is 15.5. The maximum atomic E-state index is 11.2. The van der Waals surface area contributed by atoms with E-state index in [-0.39, 0.29) is 17.6 Å². The highest BCUT2D eigenvalue weighted by molar-refractivity contribution is 5.91. The summed E-state index contributed by atoms with van der Waals surface area (Å²) in [5, 5.41) is 25.3. The number of hydrogen-bond acceptors (Lipinski definition) is 8. The topological polar surface area (TPSA) is 171 Å². The van der Waals surface area contributed by atoms with Crippen LogP contribution in [-0.4, -0.2) is 83.2 Å². The lowest BCUT2D eigenvalue weighted by Gasteiger charge is -1.98. The smallest absolute Gasteiger partial charge is 0.358 e. The molecule has 3 aromatic heterocycles. The normalized spacial score (nSPS) is 16.0. The number of hydrogen-bond donors (Lipinski definition) is 2. The molecule has 242 valence electrons. The van der Waals surface area contributed by atoms with Crippen molar-refractivity contribution in [2.45, 2.75) is 71.0 Å². The fourth-order valence-electron chi connectivity index (χ4n) is 5.99.